The summed E-state index contributed by atoms with van der Waals surface area (Å²) in [6.45, 7) is 5.59. The van der Waals surface area contributed by atoms with Gasteiger partial charge >= 0.3 is 0 Å². The van der Waals surface area contributed by atoms with Gasteiger partial charge in [-0.2, -0.15) is 4.98 Å². The Morgan fingerprint density at radius 2 is 1.97 bits per heavy atom. The molecule has 4 aliphatic rings. The third-order valence-electron chi connectivity index (χ3n) is 9.00. The van der Waals surface area contributed by atoms with E-state index in [2.05, 4.69) is 32.5 Å². The summed E-state index contributed by atoms with van der Waals surface area (Å²) in [6.07, 6.45) is 8.01. The molecule has 2 aromatic rings. The second-order valence-electron chi connectivity index (χ2n) is 11.7. The lowest BCUT2D eigenvalue weighted by atomic mass is 9.57. The molecule has 1 amide bonds. The van der Waals surface area contributed by atoms with Gasteiger partial charge in [0, 0.05) is 32.4 Å². The molecule has 4 fully saturated rings. The first-order valence-corrected chi connectivity index (χ1v) is 13.9. The first-order chi connectivity index (χ1) is 17.9. The molecule has 198 valence electrons. The number of likely N-dealkylation sites (tertiary alicyclic amines) is 1. The summed E-state index contributed by atoms with van der Waals surface area (Å²) in [5, 5.41) is 7.12. The van der Waals surface area contributed by atoms with Crippen LogP contribution in [0.25, 0.3) is 0 Å². The summed E-state index contributed by atoms with van der Waals surface area (Å²) in [7, 11) is 3.81. The molecular formula is C28H37ClN6O2. The van der Waals surface area contributed by atoms with Crippen LogP contribution in [-0.4, -0.2) is 67.7 Å². The van der Waals surface area contributed by atoms with Gasteiger partial charge in [-0.15, -0.1) is 0 Å². The van der Waals surface area contributed by atoms with Crippen molar-refractivity contribution in [2.75, 3.05) is 57.1 Å². The molecule has 1 aromatic heterocycles. The van der Waals surface area contributed by atoms with Gasteiger partial charge in [0.15, 0.2) is 0 Å². The molecule has 9 heteroatoms. The number of nitrogens with zero attached hydrogens (tertiary/aromatic N) is 4. The monoisotopic (exact) mass is 524 g/mol. The van der Waals surface area contributed by atoms with Crippen molar-refractivity contribution >= 4 is 29.3 Å². The molecule has 2 N–H and O–H groups in total. The van der Waals surface area contributed by atoms with Gasteiger partial charge < -0.3 is 25.2 Å². The number of aromatic nitrogens is 2. The normalized spacial score (nSPS) is 24.5. The Balaban J connectivity index is 1.12. The molecule has 8 nitrogen and oxygen atoms in total. The van der Waals surface area contributed by atoms with Gasteiger partial charge in [-0.25, -0.2) is 4.98 Å². The zero-order valence-corrected chi connectivity index (χ0v) is 22.6. The van der Waals surface area contributed by atoms with Crippen LogP contribution in [0.15, 0.2) is 24.4 Å². The van der Waals surface area contributed by atoms with E-state index in [-0.39, 0.29) is 5.91 Å². The maximum absolute atomic E-state index is 13.3. The molecule has 2 saturated heterocycles. The zero-order valence-electron chi connectivity index (χ0n) is 21.8. The number of anilines is 2. The zero-order chi connectivity index (χ0) is 25.6. The van der Waals surface area contributed by atoms with Crippen LogP contribution < -0.4 is 20.3 Å². The topological polar surface area (TPSA) is 82.6 Å². The number of ether oxygens (including phenoxy) is 1. The summed E-state index contributed by atoms with van der Waals surface area (Å²) in [4.78, 5) is 27.4. The highest BCUT2D eigenvalue weighted by molar-refractivity contribution is 6.32. The van der Waals surface area contributed by atoms with Crippen molar-refractivity contribution in [3.63, 3.8) is 0 Å². The Labute approximate surface area is 224 Å². The van der Waals surface area contributed by atoms with Gasteiger partial charge in [-0.05, 0) is 93.1 Å². The van der Waals surface area contributed by atoms with Gasteiger partial charge in [0.25, 0.3) is 5.91 Å². The van der Waals surface area contributed by atoms with Crippen molar-refractivity contribution in [3.8, 4) is 5.75 Å². The number of nitrogens with one attached hydrogen (secondary N) is 2. The van der Waals surface area contributed by atoms with Gasteiger partial charge in [0.2, 0.25) is 5.95 Å². The third kappa shape index (κ3) is 5.23. The summed E-state index contributed by atoms with van der Waals surface area (Å²) in [5.41, 5.74) is 1.98. The predicted molar refractivity (Wildman–Crippen MR) is 145 cm³/mol. The number of amides is 1. The lowest BCUT2D eigenvalue weighted by Gasteiger charge is -2.52. The van der Waals surface area contributed by atoms with Crippen molar-refractivity contribution < 1.29 is 9.53 Å². The minimum atomic E-state index is -0.115. The standard InChI is InChI=1S/C28H37ClN6O2/c1-34-7-5-28(6-8-34)11-19(12-28)14-31-26(36)22-15-32-27(35-16-20-10-21(20)17-35)33-25(22)30-13-18-3-4-24(37-2)23(29)9-18/h3-4,9,15,19-21H,5-8,10-14,16-17H2,1-2H3,(H,31,36)(H,30,32,33). The number of halogens is 1. The molecule has 2 saturated carbocycles. The van der Waals surface area contributed by atoms with E-state index in [4.69, 9.17) is 21.3 Å². The Hall–Kier alpha value is -2.58. The first kappa shape index (κ1) is 24.7. The molecule has 1 aromatic carbocycles. The Kier molecular flexibility index (Phi) is 6.65. The largest absolute Gasteiger partial charge is 0.495 e. The van der Waals surface area contributed by atoms with Crippen LogP contribution in [0, 0.1) is 23.2 Å². The highest BCUT2D eigenvalue weighted by Crippen LogP contribution is 2.52. The molecule has 0 bridgehead atoms. The van der Waals surface area contributed by atoms with Crippen LogP contribution in [0.4, 0.5) is 11.8 Å². The molecule has 3 heterocycles. The van der Waals surface area contributed by atoms with Crippen LogP contribution in [0.2, 0.25) is 5.02 Å². The van der Waals surface area contributed by atoms with Crippen molar-refractivity contribution in [2.24, 2.45) is 23.2 Å². The van der Waals surface area contributed by atoms with Crippen molar-refractivity contribution in [3.05, 3.63) is 40.5 Å². The Bertz CT molecular complexity index is 1150. The average molecular weight is 525 g/mol. The van der Waals surface area contributed by atoms with Crippen molar-refractivity contribution in [1.82, 2.24) is 20.2 Å². The van der Waals surface area contributed by atoms with Crippen LogP contribution in [-0.2, 0) is 6.54 Å². The number of rotatable bonds is 8. The summed E-state index contributed by atoms with van der Waals surface area (Å²) < 4.78 is 5.27. The fourth-order valence-corrected chi connectivity index (χ4v) is 6.82. The van der Waals surface area contributed by atoms with Gasteiger partial charge in [-0.3, -0.25) is 4.79 Å². The van der Waals surface area contributed by atoms with E-state index in [1.807, 2.05) is 18.2 Å². The fraction of sp³-hybridized carbons (Fsp3) is 0.607. The number of methoxy groups -OCH3 is 1. The van der Waals surface area contributed by atoms with E-state index in [9.17, 15) is 4.79 Å². The second kappa shape index (κ2) is 9.95. The number of fused-ring (bicyclic) bond motifs is 1. The van der Waals surface area contributed by atoms with E-state index < -0.39 is 0 Å². The van der Waals surface area contributed by atoms with Crippen LogP contribution in [0.1, 0.15) is 48.0 Å². The van der Waals surface area contributed by atoms with E-state index in [0.29, 0.717) is 52.5 Å². The van der Waals surface area contributed by atoms with Crippen molar-refractivity contribution in [1.29, 1.82) is 0 Å². The molecule has 2 aliphatic heterocycles. The quantitative estimate of drug-likeness (QED) is 0.539. The van der Waals surface area contributed by atoms with E-state index in [1.54, 1.807) is 13.3 Å². The van der Waals surface area contributed by atoms with Crippen molar-refractivity contribution in [2.45, 2.75) is 38.6 Å². The Morgan fingerprint density at radius 1 is 1.22 bits per heavy atom. The smallest absolute Gasteiger partial charge is 0.256 e. The summed E-state index contributed by atoms with van der Waals surface area (Å²) in [5.74, 6) is 3.90. The molecule has 2 aliphatic carbocycles. The SMILES string of the molecule is COc1ccc(CNc2nc(N3CC4CC4C3)ncc2C(=O)NCC2CC3(CCN(C)CC3)C2)cc1Cl. The number of piperidine rings is 2. The maximum atomic E-state index is 13.3. The molecule has 1 spiro atoms. The molecular weight excluding hydrogens is 488 g/mol. The van der Waals surface area contributed by atoms with Crippen LogP contribution >= 0.6 is 11.6 Å². The van der Waals surface area contributed by atoms with E-state index in [0.717, 1.165) is 30.5 Å². The maximum Gasteiger partial charge on any atom is 0.256 e. The highest BCUT2D eigenvalue weighted by atomic mass is 35.5. The van der Waals surface area contributed by atoms with Crippen LogP contribution in [0.5, 0.6) is 5.75 Å². The van der Waals surface area contributed by atoms with Crippen LogP contribution in [0.3, 0.4) is 0 Å². The molecule has 37 heavy (non-hydrogen) atoms. The number of hydrogen-bond acceptors (Lipinski definition) is 7. The van der Waals surface area contributed by atoms with E-state index >= 15 is 0 Å². The van der Waals surface area contributed by atoms with Gasteiger partial charge in [0.05, 0.1) is 12.1 Å². The summed E-state index contributed by atoms with van der Waals surface area (Å²) in [6, 6.07) is 5.69. The minimum Gasteiger partial charge on any atom is -0.495 e. The third-order valence-corrected chi connectivity index (χ3v) is 9.30. The molecule has 2 unspecified atom stereocenters. The minimum absolute atomic E-state index is 0.115. The van der Waals surface area contributed by atoms with E-state index in [1.165, 1.54) is 45.2 Å². The highest BCUT2D eigenvalue weighted by Gasteiger charge is 2.46. The lowest BCUT2D eigenvalue weighted by molar-refractivity contribution is -0.00584. The number of benzene rings is 1. The number of carbonyl (C=O) groups is 1. The molecule has 2 atom stereocenters. The fourth-order valence-electron chi connectivity index (χ4n) is 6.54. The van der Waals surface area contributed by atoms with Gasteiger partial charge in [0.1, 0.15) is 17.1 Å². The lowest BCUT2D eigenvalue weighted by Crippen LogP contribution is -2.48. The second-order valence-corrected chi connectivity index (χ2v) is 12.1. The number of carbonyl (C=O) groups excluding carboxylic acids is 1. The first-order valence-electron chi connectivity index (χ1n) is 13.6. The average Bonchev–Trinajstić information content (AvgIpc) is 3.50. The molecule has 6 rings (SSSR count). The Morgan fingerprint density at radius 3 is 2.68 bits per heavy atom. The summed E-state index contributed by atoms with van der Waals surface area (Å²) >= 11 is 6.32. The predicted octanol–water partition coefficient (Wildman–Crippen LogP) is 4.06. The molecule has 0 radical (unpaired) electrons. The number of hydrogen-bond donors (Lipinski definition) is 2. The van der Waals surface area contributed by atoms with Gasteiger partial charge in [-0.1, -0.05) is 17.7 Å².